The van der Waals surface area contributed by atoms with Crippen LogP contribution in [0, 0.1) is 5.92 Å². The van der Waals surface area contributed by atoms with Crippen molar-refractivity contribution in [2.45, 2.75) is 39.7 Å². The van der Waals surface area contributed by atoms with Crippen molar-refractivity contribution in [2.24, 2.45) is 5.92 Å². The Hall–Kier alpha value is -0.200. The van der Waals surface area contributed by atoms with Crippen molar-refractivity contribution in [3.63, 3.8) is 0 Å². The fourth-order valence-corrected chi connectivity index (χ4v) is 1.19. The van der Waals surface area contributed by atoms with Gasteiger partial charge in [0.05, 0.1) is 25.9 Å². The van der Waals surface area contributed by atoms with Crippen LogP contribution in [0.1, 0.15) is 33.6 Å². The summed E-state index contributed by atoms with van der Waals surface area (Å²) in [7, 11) is 6.71. The van der Waals surface area contributed by atoms with E-state index < -0.39 is 0 Å². The fourth-order valence-electron chi connectivity index (χ4n) is 1.19. The summed E-state index contributed by atoms with van der Waals surface area (Å²) in [5.74, 6) is 0.519. The topological polar surface area (TPSA) is 57.2 Å². The van der Waals surface area contributed by atoms with E-state index in [-0.39, 0.29) is 12.7 Å². The van der Waals surface area contributed by atoms with E-state index in [4.69, 9.17) is 24.1 Å². The number of rotatable bonds is 9. The van der Waals surface area contributed by atoms with E-state index in [1.165, 1.54) is 0 Å². The van der Waals surface area contributed by atoms with Gasteiger partial charge in [-0.05, 0) is 12.8 Å². The predicted molar refractivity (Wildman–Crippen MR) is 83.3 cm³/mol. The summed E-state index contributed by atoms with van der Waals surface area (Å²) in [5.41, 5.74) is 0. The zero-order valence-electron chi connectivity index (χ0n) is 14.5. The van der Waals surface area contributed by atoms with Gasteiger partial charge < -0.3 is 24.1 Å². The van der Waals surface area contributed by atoms with Gasteiger partial charge in [0, 0.05) is 41.0 Å². The van der Waals surface area contributed by atoms with Crippen LogP contribution in [0.2, 0.25) is 0 Å². The maximum Gasteiger partial charge on any atom is 0.0799 e. The van der Waals surface area contributed by atoms with Gasteiger partial charge in [0.15, 0.2) is 0 Å². The molecule has 0 bridgehead atoms. The molecule has 0 spiro atoms. The van der Waals surface area contributed by atoms with Crippen LogP contribution in [0.3, 0.4) is 0 Å². The van der Waals surface area contributed by atoms with Crippen LogP contribution in [0.15, 0.2) is 0 Å². The minimum absolute atomic E-state index is 0.0417. The molecule has 0 aliphatic carbocycles. The Morgan fingerprint density at radius 3 is 1.50 bits per heavy atom. The first-order valence-electron chi connectivity index (χ1n) is 7.18. The second-order valence-corrected chi connectivity index (χ2v) is 4.46. The molecular weight excluding hydrogens is 260 g/mol. The largest absolute Gasteiger partial charge is 0.394 e. The number of ether oxygens (including phenoxy) is 4. The highest BCUT2D eigenvalue weighted by Crippen LogP contribution is 1.93. The summed E-state index contributed by atoms with van der Waals surface area (Å²) in [5, 5.41) is 8.40. The molecular formula is C15H36O5. The summed E-state index contributed by atoms with van der Waals surface area (Å²) in [4.78, 5) is 0. The Bertz CT molecular complexity index is 127. The smallest absolute Gasteiger partial charge is 0.0799 e. The molecule has 5 nitrogen and oxygen atoms in total. The first kappa shape index (κ1) is 24.8. The minimum atomic E-state index is 0.0417. The standard InChI is InChI=1S/C6H14O2.C5H12O2.C4H10O/c1-6(4-7-2)5-8-3;1-3-5(4-6)7-2;1-3-4-5-2/h6H,4-5H2,1-3H3;5-6H,3-4H2,1-2H3;3-4H2,1-2H3. The van der Waals surface area contributed by atoms with Crippen LogP contribution in [0.4, 0.5) is 0 Å². The van der Waals surface area contributed by atoms with Crippen molar-refractivity contribution in [1.29, 1.82) is 0 Å². The van der Waals surface area contributed by atoms with E-state index in [2.05, 4.69) is 13.8 Å². The lowest BCUT2D eigenvalue weighted by atomic mass is 10.2. The fraction of sp³-hybridized carbons (Fsp3) is 1.00. The number of aliphatic hydroxyl groups is 1. The zero-order chi connectivity index (χ0) is 16.2. The van der Waals surface area contributed by atoms with Gasteiger partial charge in [0.1, 0.15) is 0 Å². The van der Waals surface area contributed by atoms with Gasteiger partial charge in [-0.15, -0.1) is 0 Å². The molecule has 0 aromatic carbocycles. The summed E-state index contributed by atoms with van der Waals surface area (Å²) < 4.78 is 19.2. The highest BCUT2D eigenvalue weighted by Gasteiger charge is 1.98. The molecule has 126 valence electrons. The molecule has 0 aliphatic heterocycles. The molecule has 0 aliphatic rings. The average Bonchev–Trinajstić information content (AvgIpc) is 2.44. The van der Waals surface area contributed by atoms with Gasteiger partial charge in [-0.3, -0.25) is 0 Å². The van der Waals surface area contributed by atoms with Gasteiger partial charge in [-0.25, -0.2) is 0 Å². The summed E-state index contributed by atoms with van der Waals surface area (Å²) >= 11 is 0. The van der Waals surface area contributed by atoms with Gasteiger partial charge in [0.2, 0.25) is 0 Å². The first-order chi connectivity index (χ1) is 9.57. The summed E-state index contributed by atoms with van der Waals surface area (Å²) in [6.45, 7) is 8.75. The number of aliphatic hydroxyl groups excluding tert-OH is 1. The molecule has 0 amide bonds. The monoisotopic (exact) mass is 296 g/mol. The van der Waals surface area contributed by atoms with E-state index >= 15 is 0 Å². The lowest BCUT2D eigenvalue weighted by molar-refractivity contribution is 0.0467. The SMILES string of the molecule is CCC(CO)OC.CCCOC.COCC(C)COC. The Morgan fingerprint density at radius 1 is 0.900 bits per heavy atom. The molecule has 1 N–H and O–H groups in total. The summed E-state index contributed by atoms with van der Waals surface area (Å²) in [6.07, 6.45) is 2.05. The Labute approximate surface area is 125 Å². The molecule has 1 atom stereocenters. The maximum atomic E-state index is 8.40. The molecule has 0 heterocycles. The van der Waals surface area contributed by atoms with Crippen LogP contribution < -0.4 is 0 Å². The second-order valence-electron chi connectivity index (χ2n) is 4.46. The second kappa shape index (κ2) is 23.9. The third-order valence-electron chi connectivity index (χ3n) is 2.30. The number of hydrogen-bond acceptors (Lipinski definition) is 5. The first-order valence-corrected chi connectivity index (χ1v) is 7.18. The molecule has 0 aromatic rings. The van der Waals surface area contributed by atoms with Gasteiger partial charge >= 0.3 is 0 Å². The lowest BCUT2D eigenvalue weighted by Crippen LogP contribution is -2.13. The van der Waals surface area contributed by atoms with Crippen molar-refractivity contribution in [2.75, 3.05) is 54.9 Å². The molecule has 0 fully saturated rings. The highest BCUT2D eigenvalue weighted by molar-refractivity contribution is 4.47. The Balaban J connectivity index is -0.000000223. The van der Waals surface area contributed by atoms with Crippen LogP contribution in [0.5, 0.6) is 0 Å². The van der Waals surface area contributed by atoms with Crippen LogP contribution >= 0.6 is 0 Å². The highest BCUT2D eigenvalue weighted by atomic mass is 16.5. The Kier molecular flexibility index (Phi) is 29.6. The number of methoxy groups -OCH3 is 4. The van der Waals surface area contributed by atoms with Crippen LogP contribution in [-0.2, 0) is 18.9 Å². The van der Waals surface area contributed by atoms with Crippen molar-refractivity contribution < 1.29 is 24.1 Å². The lowest BCUT2D eigenvalue weighted by Gasteiger charge is -2.06. The molecule has 0 radical (unpaired) electrons. The molecule has 0 aromatic heterocycles. The average molecular weight is 296 g/mol. The Morgan fingerprint density at radius 2 is 1.40 bits per heavy atom. The molecule has 0 rings (SSSR count). The predicted octanol–water partition coefficient (Wildman–Crippen LogP) is 2.36. The quantitative estimate of drug-likeness (QED) is 0.708. The van der Waals surface area contributed by atoms with Gasteiger partial charge in [-0.2, -0.15) is 0 Å². The third kappa shape index (κ3) is 26.4. The zero-order valence-corrected chi connectivity index (χ0v) is 14.5. The van der Waals surface area contributed by atoms with Crippen LogP contribution in [0.25, 0.3) is 0 Å². The van der Waals surface area contributed by atoms with E-state index in [1.54, 1.807) is 28.4 Å². The molecule has 0 saturated heterocycles. The van der Waals surface area contributed by atoms with Gasteiger partial charge in [0.25, 0.3) is 0 Å². The van der Waals surface area contributed by atoms with Crippen LogP contribution in [-0.4, -0.2) is 66.1 Å². The van der Waals surface area contributed by atoms with Crippen molar-refractivity contribution in [1.82, 2.24) is 0 Å². The van der Waals surface area contributed by atoms with Crippen molar-refractivity contribution in [3.05, 3.63) is 0 Å². The van der Waals surface area contributed by atoms with Crippen molar-refractivity contribution >= 4 is 0 Å². The van der Waals surface area contributed by atoms with E-state index in [0.717, 1.165) is 32.7 Å². The van der Waals surface area contributed by atoms with E-state index in [1.807, 2.05) is 6.92 Å². The van der Waals surface area contributed by atoms with Crippen molar-refractivity contribution in [3.8, 4) is 0 Å². The van der Waals surface area contributed by atoms with E-state index in [0.29, 0.717) is 5.92 Å². The number of hydrogen-bond donors (Lipinski definition) is 1. The minimum Gasteiger partial charge on any atom is -0.394 e. The van der Waals surface area contributed by atoms with Gasteiger partial charge in [-0.1, -0.05) is 20.8 Å². The molecule has 5 heteroatoms. The normalized spacial score (nSPS) is 11.2. The molecule has 0 saturated carbocycles. The molecule has 1 unspecified atom stereocenters. The van der Waals surface area contributed by atoms with E-state index in [9.17, 15) is 0 Å². The molecule has 20 heavy (non-hydrogen) atoms. The summed E-state index contributed by atoms with van der Waals surface area (Å²) in [6, 6.07) is 0. The third-order valence-corrected chi connectivity index (χ3v) is 2.30. The maximum absolute atomic E-state index is 8.40.